The van der Waals surface area contributed by atoms with Gasteiger partial charge in [0.25, 0.3) is 0 Å². The zero-order valence-electron chi connectivity index (χ0n) is 10.4. The summed E-state index contributed by atoms with van der Waals surface area (Å²) in [7, 11) is 4.19. The van der Waals surface area contributed by atoms with Gasteiger partial charge in [-0.25, -0.2) is 4.98 Å². The molecule has 1 atom stereocenters. The van der Waals surface area contributed by atoms with E-state index in [1.165, 1.54) is 0 Å². The second-order valence-electron chi connectivity index (χ2n) is 4.22. The molecule has 1 heterocycles. The standard InChI is InChI=1S/C12H20BrN3/c1-5-16(10(2)9-15(3)4)12-8-6-7-11(13)14-12/h6-8,10H,5,9H2,1-4H3. The summed E-state index contributed by atoms with van der Waals surface area (Å²) in [5, 5.41) is 0. The lowest BCUT2D eigenvalue weighted by atomic mass is 10.2. The minimum absolute atomic E-state index is 0.460. The second-order valence-corrected chi connectivity index (χ2v) is 5.03. The molecule has 16 heavy (non-hydrogen) atoms. The van der Waals surface area contributed by atoms with Crippen molar-refractivity contribution in [2.45, 2.75) is 19.9 Å². The predicted octanol–water partition coefficient (Wildman–Crippen LogP) is 2.62. The first-order valence-corrected chi connectivity index (χ1v) is 6.37. The van der Waals surface area contributed by atoms with Crippen molar-refractivity contribution in [3.8, 4) is 0 Å². The Balaban J connectivity index is 2.81. The Morgan fingerprint density at radius 1 is 1.38 bits per heavy atom. The highest BCUT2D eigenvalue weighted by Crippen LogP contribution is 2.17. The Morgan fingerprint density at radius 2 is 2.06 bits per heavy atom. The number of likely N-dealkylation sites (N-methyl/N-ethyl adjacent to an activating group) is 2. The van der Waals surface area contributed by atoms with Crippen LogP contribution in [-0.2, 0) is 0 Å². The van der Waals surface area contributed by atoms with Crippen LogP contribution in [0.1, 0.15) is 13.8 Å². The summed E-state index contributed by atoms with van der Waals surface area (Å²) in [6.45, 7) is 6.39. The Kier molecular flexibility index (Phi) is 5.22. The van der Waals surface area contributed by atoms with Crippen molar-refractivity contribution in [2.75, 3.05) is 32.1 Å². The highest BCUT2D eigenvalue weighted by molar-refractivity contribution is 9.10. The third-order valence-corrected chi connectivity index (χ3v) is 2.94. The molecule has 0 N–H and O–H groups in total. The van der Waals surface area contributed by atoms with Gasteiger partial charge in [0.15, 0.2) is 0 Å². The van der Waals surface area contributed by atoms with Crippen molar-refractivity contribution < 1.29 is 0 Å². The highest BCUT2D eigenvalue weighted by atomic mass is 79.9. The predicted molar refractivity (Wildman–Crippen MR) is 73.0 cm³/mol. The summed E-state index contributed by atoms with van der Waals surface area (Å²) < 4.78 is 0.889. The molecule has 0 fully saturated rings. The van der Waals surface area contributed by atoms with Crippen LogP contribution in [0.15, 0.2) is 22.8 Å². The molecule has 0 bridgehead atoms. The van der Waals surface area contributed by atoms with Crippen LogP contribution in [0.2, 0.25) is 0 Å². The van der Waals surface area contributed by atoms with Crippen molar-refractivity contribution in [2.24, 2.45) is 0 Å². The summed E-state index contributed by atoms with van der Waals surface area (Å²) in [5.74, 6) is 1.03. The lowest BCUT2D eigenvalue weighted by Crippen LogP contribution is -2.40. The van der Waals surface area contributed by atoms with Crippen molar-refractivity contribution in [3.05, 3.63) is 22.8 Å². The molecule has 4 heteroatoms. The zero-order chi connectivity index (χ0) is 12.1. The Hall–Kier alpha value is -0.610. The van der Waals surface area contributed by atoms with Gasteiger partial charge in [0, 0.05) is 19.1 Å². The minimum Gasteiger partial charge on any atom is -0.353 e. The first kappa shape index (κ1) is 13.5. The quantitative estimate of drug-likeness (QED) is 0.776. The number of rotatable bonds is 5. The maximum Gasteiger partial charge on any atom is 0.130 e. The molecule has 0 radical (unpaired) electrons. The van der Waals surface area contributed by atoms with Crippen LogP contribution < -0.4 is 4.90 Å². The van der Waals surface area contributed by atoms with E-state index in [9.17, 15) is 0 Å². The SMILES string of the molecule is CCN(c1cccc(Br)n1)C(C)CN(C)C. The molecule has 0 aliphatic carbocycles. The lowest BCUT2D eigenvalue weighted by Gasteiger charge is -2.31. The van der Waals surface area contributed by atoms with Crippen molar-refractivity contribution in [3.63, 3.8) is 0 Å². The number of hydrogen-bond acceptors (Lipinski definition) is 3. The molecule has 0 aromatic carbocycles. The number of anilines is 1. The monoisotopic (exact) mass is 285 g/mol. The Bertz CT molecular complexity index is 328. The molecule has 1 aromatic heterocycles. The Morgan fingerprint density at radius 3 is 2.56 bits per heavy atom. The zero-order valence-corrected chi connectivity index (χ0v) is 12.0. The average Bonchev–Trinajstić information content (AvgIpc) is 2.17. The molecule has 90 valence electrons. The third kappa shape index (κ3) is 3.76. The van der Waals surface area contributed by atoms with Crippen molar-refractivity contribution >= 4 is 21.7 Å². The van der Waals surface area contributed by atoms with Gasteiger partial charge in [-0.3, -0.25) is 0 Å². The van der Waals surface area contributed by atoms with E-state index in [4.69, 9.17) is 0 Å². The molecule has 0 saturated heterocycles. The summed E-state index contributed by atoms with van der Waals surface area (Å²) in [6.07, 6.45) is 0. The fraction of sp³-hybridized carbons (Fsp3) is 0.583. The molecule has 1 aromatic rings. The normalized spacial score (nSPS) is 12.9. The van der Waals surface area contributed by atoms with Gasteiger partial charge >= 0.3 is 0 Å². The van der Waals surface area contributed by atoms with E-state index in [1.54, 1.807) is 0 Å². The smallest absolute Gasteiger partial charge is 0.130 e. The summed E-state index contributed by atoms with van der Waals surface area (Å²) in [6, 6.07) is 6.49. The van der Waals surface area contributed by atoms with Gasteiger partial charge in [-0.1, -0.05) is 6.07 Å². The van der Waals surface area contributed by atoms with E-state index >= 15 is 0 Å². The largest absolute Gasteiger partial charge is 0.353 e. The fourth-order valence-corrected chi connectivity index (χ4v) is 2.22. The first-order chi connectivity index (χ1) is 7.54. The molecule has 0 saturated carbocycles. The van der Waals surface area contributed by atoms with E-state index < -0.39 is 0 Å². The van der Waals surface area contributed by atoms with Crippen LogP contribution in [0.3, 0.4) is 0 Å². The van der Waals surface area contributed by atoms with E-state index in [0.717, 1.165) is 23.5 Å². The van der Waals surface area contributed by atoms with Crippen LogP contribution in [0, 0.1) is 0 Å². The molecular formula is C12H20BrN3. The molecule has 0 spiro atoms. The second kappa shape index (κ2) is 6.21. The lowest BCUT2D eigenvalue weighted by molar-refractivity contribution is 0.372. The van der Waals surface area contributed by atoms with Gasteiger partial charge in [0.1, 0.15) is 10.4 Å². The van der Waals surface area contributed by atoms with Crippen molar-refractivity contribution in [1.82, 2.24) is 9.88 Å². The van der Waals surface area contributed by atoms with E-state index in [1.807, 2.05) is 12.1 Å². The molecule has 3 nitrogen and oxygen atoms in total. The number of pyridine rings is 1. The minimum atomic E-state index is 0.460. The summed E-state index contributed by atoms with van der Waals surface area (Å²) >= 11 is 3.41. The van der Waals surface area contributed by atoms with Crippen LogP contribution in [-0.4, -0.2) is 43.1 Å². The maximum absolute atomic E-state index is 4.50. The van der Waals surface area contributed by atoms with Gasteiger partial charge < -0.3 is 9.80 Å². The maximum atomic E-state index is 4.50. The Labute approximate surface area is 107 Å². The molecule has 0 aliphatic rings. The topological polar surface area (TPSA) is 19.4 Å². The average molecular weight is 286 g/mol. The number of nitrogens with zero attached hydrogens (tertiary/aromatic N) is 3. The van der Waals surface area contributed by atoms with Crippen LogP contribution in [0.5, 0.6) is 0 Å². The fourth-order valence-electron chi connectivity index (χ4n) is 1.88. The van der Waals surface area contributed by atoms with Crippen LogP contribution in [0.4, 0.5) is 5.82 Å². The van der Waals surface area contributed by atoms with E-state index in [0.29, 0.717) is 6.04 Å². The first-order valence-electron chi connectivity index (χ1n) is 5.58. The van der Waals surface area contributed by atoms with E-state index in [2.05, 4.69) is 64.7 Å². The number of halogens is 1. The third-order valence-electron chi connectivity index (χ3n) is 2.50. The molecule has 1 rings (SSSR count). The molecule has 0 aliphatic heterocycles. The molecular weight excluding hydrogens is 266 g/mol. The molecule has 0 amide bonds. The van der Waals surface area contributed by atoms with Gasteiger partial charge in [0.05, 0.1) is 0 Å². The van der Waals surface area contributed by atoms with Gasteiger partial charge in [0.2, 0.25) is 0 Å². The van der Waals surface area contributed by atoms with Crippen molar-refractivity contribution in [1.29, 1.82) is 0 Å². The van der Waals surface area contributed by atoms with Gasteiger partial charge in [-0.15, -0.1) is 0 Å². The number of aromatic nitrogens is 1. The highest BCUT2D eigenvalue weighted by Gasteiger charge is 2.14. The van der Waals surface area contributed by atoms with Gasteiger partial charge in [-0.05, 0) is 56.0 Å². The van der Waals surface area contributed by atoms with Crippen LogP contribution in [0.25, 0.3) is 0 Å². The summed E-state index contributed by atoms with van der Waals surface area (Å²) in [5.41, 5.74) is 0. The molecule has 1 unspecified atom stereocenters. The number of hydrogen-bond donors (Lipinski definition) is 0. The van der Waals surface area contributed by atoms with Crippen LogP contribution >= 0.6 is 15.9 Å². The van der Waals surface area contributed by atoms with Gasteiger partial charge in [-0.2, -0.15) is 0 Å². The van der Waals surface area contributed by atoms with E-state index in [-0.39, 0.29) is 0 Å². The summed E-state index contributed by atoms with van der Waals surface area (Å²) in [4.78, 5) is 9.01.